The van der Waals surface area contributed by atoms with E-state index < -0.39 is 63.2 Å². The minimum absolute atomic E-state index is 0.138. The zero-order valence-corrected chi connectivity index (χ0v) is 36.8. The zero-order chi connectivity index (χ0) is 43.8. The van der Waals surface area contributed by atoms with Gasteiger partial charge in [0.1, 0.15) is 11.2 Å². The number of H-pyrrole nitrogens is 1. The summed E-state index contributed by atoms with van der Waals surface area (Å²) in [6, 6.07) is 9.85. The van der Waals surface area contributed by atoms with Crippen LogP contribution in [0.15, 0.2) is 42.5 Å². The Hall–Kier alpha value is -4.76. The quantitative estimate of drug-likeness (QED) is 0.103. The number of anilines is 1. The summed E-state index contributed by atoms with van der Waals surface area (Å²) in [6.07, 6.45) is 7.47. The maximum atomic E-state index is 15.5. The third-order valence-corrected chi connectivity index (χ3v) is 16.5. The Kier molecular flexibility index (Phi) is 9.23. The van der Waals surface area contributed by atoms with Crippen molar-refractivity contribution < 1.29 is 48.0 Å². The molecule has 0 radical (unpaired) electrons. The molecular weight excluding hydrogens is 793 g/mol. The Bertz CT molecular complexity index is 2450. The fourth-order valence-electron chi connectivity index (χ4n) is 14.1. The lowest BCUT2D eigenvalue weighted by atomic mass is 9.49. The summed E-state index contributed by atoms with van der Waals surface area (Å²) in [7, 11) is 4.26. The molecule has 2 N–H and O–H groups in total. The van der Waals surface area contributed by atoms with Crippen molar-refractivity contribution in [3.05, 3.63) is 70.4 Å². The summed E-state index contributed by atoms with van der Waals surface area (Å²) in [5.41, 5.74) is -2.43. The minimum atomic E-state index is -1.89. The topological polar surface area (TPSA) is 163 Å². The number of methoxy groups -OCH3 is 3. The SMILES string of the molecule is CCc1ccc2[nH]c3c(c2c1)CCN1C[C@H](C[C@@](O)(CC)C1)C[C@]3(C(=O)OC)c1cc2c(cc1OC)N(C=O)[C@@]13O[C@]1(C(=O)OC)[C@H](OC(C)=O)[C@]1(CC)C=CCN4CC[C@]23[C@@H]41. The van der Waals surface area contributed by atoms with Crippen molar-refractivity contribution in [2.24, 2.45) is 11.3 Å². The lowest BCUT2D eigenvalue weighted by Gasteiger charge is -2.58. The molecule has 1 unspecified atom stereocenters. The molecule has 2 spiro atoms. The number of hydrogen-bond acceptors (Lipinski definition) is 12. The fourth-order valence-corrected chi connectivity index (χ4v) is 14.1. The van der Waals surface area contributed by atoms with Crippen LogP contribution in [0.2, 0.25) is 0 Å². The number of carbonyl (C=O) groups excluding carboxylic acids is 4. The number of aliphatic hydroxyl groups is 1. The predicted molar refractivity (Wildman–Crippen MR) is 228 cm³/mol. The number of piperidine rings is 1. The van der Waals surface area contributed by atoms with Crippen molar-refractivity contribution in [1.82, 2.24) is 14.8 Å². The standard InChI is InChI=1S/C48H58N4O10/c1-8-29-12-13-35-32(20-29)31-14-18-50-25-30(23-43(57,9-2)26-50)24-45(38(31)49-35,41(55)59-6)34-21-33-36(22-37(34)58-5)52(27-53)48-46(33)16-19-51-17-11-15-44(10-3,39(46)51)40(61-28(4)54)47(48,62-48)42(56)60-7/h11-13,15,20-22,27,30,39-40,49,57H,8-10,14,16-19,23-26H2,1-7H3/t30-,39+,40-,43+,44-,45+,46-,47+,48+/m1/s1. The van der Waals surface area contributed by atoms with Gasteiger partial charge in [-0.1, -0.05) is 39.0 Å². The van der Waals surface area contributed by atoms with E-state index in [1.165, 1.54) is 31.6 Å². The van der Waals surface area contributed by atoms with Crippen LogP contribution < -0.4 is 9.64 Å². The first kappa shape index (κ1) is 41.3. The number of ether oxygens (including phenoxy) is 5. The van der Waals surface area contributed by atoms with Crippen LogP contribution >= 0.6 is 0 Å². The van der Waals surface area contributed by atoms with Gasteiger partial charge in [-0.15, -0.1) is 0 Å². The number of aryl methyl sites for hydroxylation is 1. The van der Waals surface area contributed by atoms with Gasteiger partial charge in [0.15, 0.2) is 6.10 Å². The Morgan fingerprint density at radius 2 is 1.79 bits per heavy atom. The monoisotopic (exact) mass is 850 g/mol. The first-order valence-electron chi connectivity index (χ1n) is 22.3. The molecule has 6 aliphatic heterocycles. The highest BCUT2D eigenvalue weighted by Crippen LogP contribution is 2.80. The molecule has 7 heterocycles. The Morgan fingerprint density at radius 1 is 1.00 bits per heavy atom. The van der Waals surface area contributed by atoms with Crippen LogP contribution in [0.3, 0.4) is 0 Å². The molecule has 3 saturated heterocycles. The van der Waals surface area contributed by atoms with E-state index in [-0.39, 0.29) is 12.3 Å². The third kappa shape index (κ3) is 4.84. The van der Waals surface area contributed by atoms with Crippen LogP contribution in [-0.2, 0) is 61.8 Å². The molecule has 4 fully saturated rings. The first-order valence-corrected chi connectivity index (χ1v) is 22.3. The van der Waals surface area contributed by atoms with Crippen molar-refractivity contribution in [3.63, 3.8) is 0 Å². The van der Waals surface area contributed by atoms with Gasteiger partial charge < -0.3 is 33.8 Å². The van der Waals surface area contributed by atoms with Crippen molar-refractivity contribution in [1.29, 1.82) is 0 Å². The molecule has 14 nitrogen and oxygen atoms in total. The number of rotatable bonds is 9. The maximum absolute atomic E-state index is 15.5. The fraction of sp³-hybridized carbons (Fsp3) is 0.583. The average Bonchev–Trinajstić information content (AvgIpc) is 3.50. The minimum Gasteiger partial charge on any atom is -0.496 e. The highest BCUT2D eigenvalue weighted by Gasteiger charge is 2.99. The smallest absolute Gasteiger partial charge is 0.347 e. The second-order valence-electron chi connectivity index (χ2n) is 18.9. The molecule has 2 aromatic carbocycles. The van der Waals surface area contributed by atoms with E-state index in [0.29, 0.717) is 88.2 Å². The van der Waals surface area contributed by atoms with E-state index in [4.69, 9.17) is 23.7 Å². The van der Waals surface area contributed by atoms with Gasteiger partial charge >= 0.3 is 17.9 Å². The molecule has 14 heteroatoms. The number of carbonyl (C=O) groups is 4. The molecule has 1 saturated carbocycles. The van der Waals surface area contributed by atoms with Gasteiger partial charge in [0, 0.05) is 72.8 Å². The Labute approximate surface area is 361 Å². The van der Waals surface area contributed by atoms with Crippen LogP contribution in [0.4, 0.5) is 5.69 Å². The summed E-state index contributed by atoms with van der Waals surface area (Å²) in [5.74, 6) is -1.58. The number of benzene rings is 2. The van der Waals surface area contributed by atoms with Gasteiger partial charge in [0.25, 0.3) is 5.60 Å². The number of aromatic nitrogens is 1. The van der Waals surface area contributed by atoms with E-state index in [2.05, 4.69) is 52.1 Å². The summed E-state index contributed by atoms with van der Waals surface area (Å²) < 4.78 is 31.2. The molecule has 10 atom stereocenters. The molecule has 1 amide bonds. The lowest BCUT2D eigenvalue weighted by molar-refractivity contribution is -0.178. The molecule has 3 aromatic rings. The number of hydrogen-bond donors (Lipinski definition) is 2. The van der Waals surface area contributed by atoms with Crippen molar-refractivity contribution >= 4 is 40.9 Å². The van der Waals surface area contributed by atoms with Gasteiger partial charge in [-0.05, 0) is 92.3 Å². The van der Waals surface area contributed by atoms with E-state index in [1.54, 1.807) is 7.11 Å². The van der Waals surface area contributed by atoms with Gasteiger partial charge in [-0.2, -0.15) is 0 Å². The normalized spacial score (nSPS) is 37.4. The number of nitrogens with zero attached hydrogens (tertiary/aromatic N) is 3. The molecule has 1 aliphatic carbocycles. The summed E-state index contributed by atoms with van der Waals surface area (Å²) in [5, 5.41) is 13.1. The number of esters is 3. The van der Waals surface area contributed by atoms with Crippen molar-refractivity contribution in [2.75, 3.05) is 59.0 Å². The number of fused-ring (bicyclic) bond motifs is 6. The average molecular weight is 851 g/mol. The van der Waals surface area contributed by atoms with Gasteiger partial charge in [-0.25, -0.2) is 4.79 Å². The highest BCUT2D eigenvalue weighted by atomic mass is 16.7. The van der Waals surface area contributed by atoms with Crippen molar-refractivity contribution in [3.8, 4) is 5.75 Å². The predicted octanol–water partition coefficient (Wildman–Crippen LogP) is 4.45. The number of amides is 1. The molecule has 2 bridgehead atoms. The maximum Gasteiger partial charge on any atom is 0.347 e. The second-order valence-corrected chi connectivity index (χ2v) is 18.9. The lowest BCUT2D eigenvalue weighted by Crippen LogP contribution is -2.75. The van der Waals surface area contributed by atoms with Crippen LogP contribution in [-0.4, -0.2) is 127 Å². The largest absolute Gasteiger partial charge is 0.496 e. The van der Waals surface area contributed by atoms with Crippen molar-refractivity contribution in [2.45, 2.75) is 113 Å². The number of aromatic amines is 1. The molecule has 10 rings (SSSR count). The molecule has 62 heavy (non-hydrogen) atoms. The van der Waals surface area contributed by atoms with E-state index >= 15 is 4.79 Å². The van der Waals surface area contributed by atoms with E-state index in [1.807, 2.05) is 26.0 Å². The summed E-state index contributed by atoms with van der Waals surface area (Å²) in [6.45, 7) is 10.6. The number of nitrogens with one attached hydrogen (secondary N) is 1. The third-order valence-electron chi connectivity index (χ3n) is 16.5. The summed E-state index contributed by atoms with van der Waals surface area (Å²) in [4.78, 5) is 67.1. The zero-order valence-electron chi connectivity index (χ0n) is 36.8. The van der Waals surface area contributed by atoms with Crippen LogP contribution in [0.1, 0.15) is 87.7 Å². The van der Waals surface area contributed by atoms with Crippen LogP contribution in [0.5, 0.6) is 5.75 Å². The van der Waals surface area contributed by atoms with Gasteiger partial charge in [-0.3, -0.25) is 29.1 Å². The van der Waals surface area contributed by atoms with E-state index in [0.717, 1.165) is 34.1 Å². The molecule has 7 aliphatic rings. The van der Waals surface area contributed by atoms with Crippen LogP contribution in [0, 0.1) is 11.3 Å². The summed E-state index contributed by atoms with van der Waals surface area (Å²) >= 11 is 0. The highest BCUT2D eigenvalue weighted by molar-refractivity contribution is 5.99. The Balaban J connectivity index is 1.30. The molecular formula is C48H58N4O10. The second kappa shape index (κ2) is 13.9. The first-order chi connectivity index (χ1) is 29.8. The van der Waals surface area contributed by atoms with Crippen LogP contribution in [0.25, 0.3) is 10.9 Å². The molecule has 1 aromatic heterocycles. The van der Waals surface area contributed by atoms with Gasteiger partial charge in [0.2, 0.25) is 12.1 Å². The Morgan fingerprint density at radius 3 is 2.47 bits per heavy atom. The van der Waals surface area contributed by atoms with E-state index in [9.17, 15) is 19.5 Å². The van der Waals surface area contributed by atoms with Gasteiger partial charge in [0.05, 0.1) is 38.0 Å². The molecule has 330 valence electrons. The number of epoxide rings is 1.